The number of hydrogen-bond acceptors (Lipinski definition) is 6. The molecule has 0 aliphatic heterocycles. The Morgan fingerprint density at radius 3 is 2.48 bits per heavy atom. The van der Waals surface area contributed by atoms with Crippen molar-refractivity contribution in [1.29, 1.82) is 0 Å². The number of aromatic nitrogens is 4. The number of amides is 2. The molecule has 0 aliphatic carbocycles. The van der Waals surface area contributed by atoms with Crippen molar-refractivity contribution in [3.8, 4) is 11.6 Å². The third-order valence-electron chi connectivity index (χ3n) is 5.29. The van der Waals surface area contributed by atoms with Gasteiger partial charge in [-0.25, -0.2) is 0 Å². The molecule has 3 rings (SSSR count). The zero-order valence-electron chi connectivity index (χ0n) is 20.3. The number of furan rings is 1. The molecule has 176 valence electrons. The summed E-state index contributed by atoms with van der Waals surface area (Å²) < 4.78 is 5.54. The summed E-state index contributed by atoms with van der Waals surface area (Å²) in [5.74, 6) is 0.992. The fraction of sp³-hybridized carbons (Fsp3) is 0.458. The van der Waals surface area contributed by atoms with Crippen LogP contribution in [-0.2, 0) is 16.1 Å². The minimum Gasteiger partial charge on any atom is -0.458 e. The molecule has 2 amide bonds. The first-order chi connectivity index (χ1) is 15.5. The van der Waals surface area contributed by atoms with Crippen LogP contribution in [0.5, 0.6) is 0 Å². The summed E-state index contributed by atoms with van der Waals surface area (Å²) in [6.45, 7) is 13.2. The van der Waals surface area contributed by atoms with Crippen molar-refractivity contribution in [1.82, 2.24) is 25.5 Å². The first-order valence-corrected chi connectivity index (χ1v) is 11.0. The molecule has 1 unspecified atom stereocenters. The molecule has 1 N–H and O–H groups in total. The van der Waals surface area contributed by atoms with Gasteiger partial charge in [0, 0.05) is 11.2 Å². The quantitative estimate of drug-likeness (QED) is 0.587. The highest BCUT2D eigenvalue weighted by molar-refractivity contribution is 6.01. The Hall–Kier alpha value is -3.49. The molecule has 3 aromatic rings. The first kappa shape index (κ1) is 24.2. The van der Waals surface area contributed by atoms with Crippen LogP contribution in [0.25, 0.3) is 11.6 Å². The maximum Gasteiger partial charge on any atom is 0.251 e. The van der Waals surface area contributed by atoms with Gasteiger partial charge in [-0.05, 0) is 82.5 Å². The maximum absolute atomic E-state index is 13.6. The molecule has 0 aliphatic rings. The van der Waals surface area contributed by atoms with Crippen molar-refractivity contribution in [2.45, 2.75) is 73.0 Å². The van der Waals surface area contributed by atoms with Crippen LogP contribution in [0.3, 0.4) is 0 Å². The van der Waals surface area contributed by atoms with E-state index in [0.717, 1.165) is 16.9 Å². The van der Waals surface area contributed by atoms with Crippen molar-refractivity contribution in [3.63, 3.8) is 0 Å². The smallest absolute Gasteiger partial charge is 0.251 e. The average molecular weight is 453 g/mol. The molecular formula is C24H32N6O3. The number of rotatable bonds is 7. The highest BCUT2D eigenvalue weighted by atomic mass is 16.3. The molecule has 9 heteroatoms. The second kappa shape index (κ2) is 9.56. The van der Waals surface area contributed by atoms with Gasteiger partial charge in [0.15, 0.2) is 5.76 Å². The van der Waals surface area contributed by atoms with E-state index in [1.807, 2.05) is 72.7 Å². The number of aryl methyl sites for hydroxylation is 2. The number of benzene rings is 1. The lowest BCUT2D eigenvalue weighted by Crippen LogP contribution is -2.54. The fourth-order valence-electron chi connectivity index (χ4n) is 3.57. The minimum atomic E-state index is -0.687. The summed E-state index contributed by atoms with van der Waals surface area (Å²) in [4.78, 5) is 29.6. The third kappa shape index (κ3) is 5.66. The molecule has 0 radical (unpaired) electrons. The molecular weight excluding hydrogens is 420 g/mol. The van der Waals surface area contributed by atoms with E-state index < -0.39 is 11.6 Å². The van der Waals surface area contributed by atoms with Gasteiger partial charge in [-0.3, -0.25) is 14.5 Å². The van der Waals surface area contributed by atoms with E-state index in [2.05, 4.69) is 20.7 Å². The molecule has 0 spiro atoms. The van der Waals surface area contributed by atoms with Crippen LogP contribution >= 0.6 is 0 Å². The highest BCUT2D eigenvalue weighted by Gasteiger charge is 2.33. The van der Waals surface area contributed by atoms with Crippen LogP contribution in [0.1, 0.15) is 51.0 Å². The van der Waals surface area contributed by atoms with E-state index in [0.29, 0.717) is 23.7 Å². The summed E-state index contributed by atoms with van der Waals surface area (Å²) in [5.41, 5.74) is 2.24. The predicted octanol–water partition coefficient (Wildman–Crippen LogP) is 3.58. The first-order valence-electron chi connectivity index (χ1n) is 11.0. The number of carbonyl (C=O) groups excluding carboxylic acids is 2. The summed E-state index contributed by atoms with van der Waals surface area (Å²) in [7, 11) is 0. The van der Waals surface area contributed by atoms with E-state index in [9.17, 15) is 9.59 Å². The lowest BCUT2D eigenvalue weighted by Gasteiger charge is -2.34. The zero-order valence-corrected chi connectivity index (χ0v) is 20.3. The SMILES string of the molecule is CCC(C(=O)NC(C)(C)C)N(C(=O)Cn1nnc(-c2ccc(C)o2)n1)c1cccc(C)c1C. The Bertz CT molecular complexity index is 1140. The number of nitrogens with one attached hydrogen (secondary N) is 1. The Kier molecular flexibility index (Phi) is 7.00. The number of tetrazole rings is 1. The Morgan fingerprint density at radius 2 is 1.88 bits per heavy atom. The number of anilines is 1. The van der Waals surface area contributed by atoms with Crippen molar-refractivity contribution in [2.24, 2.45) is 0 Å². The highest BCUT2D eigenvalue weighted by Crippen LogP contribution is 2.27. The molecule has 0 saturated heterocycles. The normalized spacial score (nSPS) is 12.5. The van der Waals surface area contributed by atoms with Gasteiger partial charge in [-0.1, -0.05) is 19.1 Å². The molecule has 0 fully saturated rings. The number of nitrogens with zero attached hydrogens (tertiary/aromatic N) is 5. The second-order valence-electron chi connectivity index (χ2n) is 9.20. The Morgan fingerprint density at radius 1 is 1.15 bits per heavy atom. The van der Waals surface area contributed by atoms with Crippen LogP contribution < -0.4 is 10.2 Å². The van der Waals surface area contributed by atoms with Gasteiger partial charge in [0.1, 0.15) is 18.3 Å². The van der Waals surface area contributed by atoms with Crippen LogP contribution in [0.2, 0.25) is 0 Å². The van der Waals surface area contributed by atoms with Gasteiger partial charge in [-0.15, -0.1) is 10.2 Å². The van der Waals surface area contributed by atoms with Crippen LogP contribution in [-0.4, -0.2) is 43.6 Å². The van der Waals surface area contributed by atoms with E-state index in [4.69, 9.17) is 4.42 Å². The molecule has 33 heavy (non-hydrogen) atoms. The van der Waals surface area contributed by atoms with E-state index in [1.54, 1.807) is 11.0 Å². The van der Waals surface area contributed by atoms with Crippen molar-refractivity contribution >= 4 is 17.5 Å². The molecule has 9 nitrogen and oxygen atoms in total. The summed E-state index contributed by atoms with van der Waals surface area (Å²) in [6, 6.07) is 8.60. The monoisotopic (exact) mass is 452 g/mol. The third-order valence-corrected chi connectivity index (χ3v) is 5.29. The average Bonchev–Trinajstić information content (AvgIpc) is 3.36. The van der Waals surface area contributed by atoms with E-state index in [-0.39, 0.29) is 18.4 Å². The molecule has 2 aromatic heterocycles. The second-order valence-corrected chi connectivity index (χ2v) is 9.20. The summed E-state index contributed by atoms with van der Waals surface area (Å²) in [6.07, 6.45) is 0.447. The lowest BCUT2D eigenvalue weighted by atomic mass is 10.0. The van der Waals surface area contributed by atoms with Crippen LogP contribution in [0, 0.1) is 20.8 Å². The topological polar surface area (TPSA) is 106 Å². The van der Waals surface area contributed by atoms with Crippen molar-refractivity contribution in [3.05, 3.63) is 47.2 Å². The lowest BCUT2D eigenvalue weighted by molar-refractivity contribution is -0.128. The number of carbonyl (C=O) groups is 2. The van der Waals surface area contributed by atoms with Crippen LogP contribution in [0.15, 0.2) is 34.7 Å². The van der Waals surface area contributed by atoms with Gasteiger partial charge in [0.25, 0.3) is 5.91 Å². The van der Waals surface area contributed by atoms with E-state index >= 15 is 0 Å². The summed E-state index contributed by atoms with van der Waals surface area (Å²) in [5, 5.41) is 15.3. The van der Waals surface area contributed by atoms with Gasteiger partial charge in [0.05, 0.1) is 0 Å². The zero-order chi connectivity index (χ0) is 24.3. The van der Waals surface area contributed by atoms with Gasteiger partial charge in [0.2, 0.25) is 11.7 Å². The van der Waals surface area contributed by atoms with Crippen molar-refractivity contribution in [2.75, 3.05) is 4.90 Å². The Labute approximate surface area is 194 Å². The molecule has 1 aromatic carbocycles. The van der Waals surface area contributed by atoms with Gasteiger partial charge >= 0.3 is 0 Å². The van der Waals surface area contributed by atoms with E-state index in [1.165, 1.54) is 4.80 Å². The molecule has 2 heterocycles. The molecule has 0 bridgehead atoms. The molecule has 1 atom stereocenters. The van der Waals surface area contributed by atoms with Gasteiger partial charge in [-0.2, -0.15) is 4.80 Å². The fourth-order valence-corrected chi connectivity index (χ4v) is 3.57. The van der Waals surface area contributed by atoms with Crippen molar-refractivity contribution < 1.29 is 14.0 Å². The maximum atomic E-state index is 13.6. The Balaban J connectivity index is 1.95. The minimum absolute atomic E-state index is 0.167. The predicted molar refractivity (Wildman–Crippen MR) is 126 cm³/mol. The standard InChI is InChI=1S/C24H32N6O3/c1-8-18(23(32)25-24(5,6)7)30(19-11-9-10-15(2)17(19)4)21(31)14-29-27-22(26-28-29)20-13-12-16(3)33-20/h9-13,18H,8,14H2,1-7H3,(H,25,32). The summed E-state index contributed by atoms with van der Waals surface area (Å²) >= 11 is 0. The van der Waals surface area contributed by atoms with Gasteiger partial charge < -0.3 is 9.73 Å². The van der Waals surface area contributed by atoms with Crippen LogP contribution in [0.4, 0.5) is 5.69 Å². The largest absolute Gasteiger partial charge is 0.458 e. The number of hydrogen-bond donors (Lipinski definition) is 1. The molecule has 0 saturated carbocycles.